The van der Waals surface area contributed by atoms with Crippen LogP contribution in [-0.4, -0.2) is 11.9 Å². The Hall–Kier alpha value is -4.84. The zero-order valence-electron chi connectivity index (χ0n) is 20.1. The number of hydrogen-bond acceptors (Lipinski definition) is 6. The van der Waals surface area contributed by atoms with Crippen molar-refractivity contribution in [3.8, 4) is 33.8 Å². The van der Waals surface area contributed by atoms with Gasteiger partial charge in [0, 0.05) is 11.1 Å². The van der Waals surface area contributed by atoms with Crippen molar-refractivity contribution in [2.75, 3.05) is 0 Å². The van der Waals surface area contributed by atoms with Gasteiger partial charge >= 0.3 is 11.9 Å². The molecule has 0 aliphatic heterocycles. The number of carbonyl (C=O) groups excluding carboxylic acids is 2. The van der Waals surface area contributed by atoms with E-state index in [1.807, 2.05) is 72.8 Å². The molecule has 0 aliphatic carbocycles. The Kier molecular flexibility index (Phi) is 9.00. The monoisotopic (exact) mass is 482 g/mol. The molecule has 0 radical (unpaired) electrons. The van der Waals surface area contributed by atoms with Gasteiger partial charge in [0.1, 0.15) is 36.5 Å². The van der Waals surface area contributed by atoms with Crippen LogP contribution < -0.4 is 9.47 Å². The summed E-state index contributed by atoms with van der Waals surface area (Å²) in [4.78, 5) is 22.6. The van der Waals surface area contributed by atoms with Crippen LogP contribution in [0, 0.1) is 0 Å². The fraction of sp³-hybridized carbons (Fsp3) is 0.0667. The Morgan fingerprint density at radius 2 is 0.806 bits per heavy atom. The van der Waals surface area contributed by atoms with E-state index in [-0.39, 0.29) is 0 Å². The zero-order chi connectivity index (χ0) is 25.9. The Balaban J connectivity index is 1.55. The fourth-order valence-electron chi connectivity index (χ4n) is 2.90. The minimum absolute atomic E-state index is 0.314. The van der Waals surface area contributed by atoms with Gasteiger partial charge < -0.3 is 18.9 Å². The molecule has 182 valence electrons. The number of esters is 2. The topological polar surface area (TPSA) is 71.1 Å². The van der Waals surface area contributed by atoms with Crippen LogP contribution in [0.15, 0.2) is 122 Å². The van der Waals surface area contributed by atoms with Crippen LogP contribution in [0.25, 0.3) is 22.3 Å². The molecule has 0 bridgehead atoms. The lowest BCUT2D eigenvalue weighted by atomic mass is 10.0. The van der Waals surface area contributed by atoms with E-state index in [4.69, 9.17) is 18.9 Å². The predicted octanol–water partition coefficient (Wildman–Crippen LogP) is 6.96. The third-order valence-corrected chi connectivity index (χ3v) is 4.83. The summed E-state index contributed by atoms with van der Waals surface area (Å²) in [5, 5.41) is 0. The highest BCUT2D eigenvalue weighted by Crippen LogP contribution is 2.27. The molecule has 3 aromatic rings. The first-order valence-corrected chi connectivity index (χ1v) is 11.0. The maximum Gasteiger partial charge on any atom is 0.338 e. The van der Waals surface area contributed by atoms with E-state index in [0.29, 0.717) is 22.6 Å². The summed E-state index contributed by atoms with van der Waals surface area (Å²) in [5.41, 5.74) is 4.82. The third-order valence-electron chi connectivity index (χ3n) is 4.83. The summed E-state index contributed by atoms with van der Waals surface area (Å²) in [7, 11) is 0. The molecule has 0 fully saturated rings. The molecule has 6 nitrogen and oxygen atoms in total. The number of benzene rings is 3. The van der Waals surface area contributed by atoms with E-state index < -0.39 is 11.9 Å². The number of ether oxygens (including phenoxy) is 4. The number of hydrogen-bond donors (Lipinski definition) is 0. The molecule has 0 saturated heterocycles. The van der Waals surface area contributed by atoms with Crippen molar-refractivity contribution in [2.45, 2.75) is 13.8 Å². The Morgan fingerprint density at radius 1 is 0.528 bits per heavy atom. The molecule has 0 unspecified atom stereocenters. The maximum atomic E-state index is 11.3. The van der Waals surface area contributed by atoms with Gasteiger partial charge in [-0.3, -0.25) is 0 Å². The van der Waals surface area contributed by atoms with Gasteiger partial charge in [-0.15, -0.1) is 0 Å². The van der Waals surface area contributed by atoms with E-state index in [1.54, 1.807) is 13.8 Å². The highest BCUT2D eigenvalue weighted by Gasteiger charge is 2.03. The van der Waals surface area contributed by atoms with Crippen LogP contribution in [0.5, 0.6) is 11.5 Å². The first-order chi connectivity index (χ1) is 17.3. The molecule has 0 saturated carbocycles. The summed E-state index contributed by atoms with van der Waals surface area (Å²) < 4.78 is 20.5. The van der Waals surface area contributed by atoms with Crippen molar-refractivity contribution in [3.05, 3.63) is 122 Å². The van der Waals surface area contributed by atoms with Crippen molar-refractivity contribution in [2.24, 2.45) is 0 Å². The summed E-state index contributed by atoms with van der Waals surface area (Å²) in [6.07, 6.45) is 4.97. The summed E-state index contributed by atoms with van der Waals surface area (Å²) in [6.45, 7) is 10.2. The van der Waals surface area contributed by atoms with E-state index in [1.165, 1.54) is 25.0 Å². The Bertz CT molecular complexity index is 1180. The van der Waals surface area contributed by atoms with Crippen LogP contribution in [-0.2, 0) is 19.1 Å². The first-order valence-electron chi connectivity index (χ1n) is 11.0. The lowest BCUT2D eigenvalue weighted by molar-refractivity contribution is -0.134. The largest absolute Gasteiger partial charge is 0.462 e. The van der Waals surface area contributed by atoms with Crippen LogP contribution in [0.4, 0.5) is 0 Å². The molecule has 3 rings (SSSR count). The van der Waals surface area contributed by atoms with Gasteiger partial charge in [0.15, 0.2) is 0 Å². The molecule has 36 heavy (non-hydrogen) atoms. The standard InChI is InChI=1S/C30H26O6/c1-21(2)29(31)35-19-17-33-27-13-9-25(10-14-27)23-5-7-24(8-6-23)26-11-15-28(16-12-26)34-18-20-36-30(32)22(3)4/h5-20H,1,3H2,2,4H3/b19-17-,20-18-. The molecule has 0 aliphatic rings. The SMILES string of the molecule is C=C(C)C(=O)O/C=C\Oc1ccc(-c2ccc(-c3ccc(O/C=C\OC(=O)C(=C)C)cc3)cc2)cc1. The second-order valence-corrected chi connectivity index (χ2v) is 7.78. The smallest absolute Gasteiger partial charge is 0.338 e. The summed E-state index contributed by atoms with van der Waals surface area (Å²) >= 11 is 0. The first kappa shape index (κ1) is 25.8. The minimum Gasteiger partial charge on any atom is -0.462 e. The molecular weight excluding hydrogens is 456 g/mol. The number of rotatable bonds is 10. The van der Waals surface area contributed by atoms with Crippen molar-refractivity contribution >= 4 is 11.9 Å². The van der Waals surface area contributed by atoms with Crippen molar-refractivity contribution in [1.82, 2.24) is 0 Å². The molecule has 0 N–H and O–H groups in total. The quantitative estimate of drug-likeness (QED) is 0.177. The van der Waals surface area contributed by atoms with Gasteiger partial charge in [-0.1, -0.05) is 61.7 Å². The average Bonchev–Trinajstić information content (AvgIpc) is 2.89. The van der Waals surface area contributed by atoms with Crippen molar-refractivity contribution in [3.63, 3.8) is 0 Å². The average molecular weight is 483 g/mol. The van der Waals surface area contributed by atoms with Crippen molar-refractivity contribution in [1.29, 1.82) is 0 Å². The van der Waals surface area contributed by atoms with Gasteiger partial charge in [0.25, 0.3) is 0 Å². The molecule has 0 spiro atoms. The minimum atomic E-state index is -0.506. The van der Waals surface area contributed by atoms with Gasteiger partial charge in [0.2, 0.25) is 0 Å². The van der Waals surface area contributed by atoms with Crippen LogP contribution in [0.2, 0.25) is 0 Å². The molecule has 0 aromatic heterocycles. The van der Waals surface area contributed by atoms with Gasteiger partial charge in [-0.05, 0) is 60.4 Å². The Labute approximate surface area is 210 Å². The molecule has 0 atom stereocenters. The summed E-state index contributed by atoms with van der Waals surface area (Å²) in [6, 6.07) is 23.3. The van der Waals surface area contributed by atoms with E-state index in [9.17, 15) is 9.59 Å². The normalized spacial score (nSPS) is 10.7. The second kappa shape index (κ2) is 12.6. The molecular formula is C30H26O6. The predicted molar refractivity (Wildman–Crippen MR) is 139 cm³/mol. The zero-order valence-corrected chi connectivity index (χ0v) is 20.1. The van der Waals surface area contributed by atoms with Crippen LogP contribution in [0.1, 0.15) is 13.8 Å². The van der Waals surface area contributed by atoms with E-state index in [0.717, 1.165) is 22.3 Å². The molecule has 0 amide bonds. The lowest BCUT2D eigenvalue weighted by Gasteiger charge is -2.07. The molecule has 0 heterocycles. The van der Waals surface area contributed by atoms with Crippen LogP contribution in [0.3, 0.4) is 0 Å². The van der Waals surface area contributed by atoms with E-state index >= 15 is 0 Å². The number of carbonyl (C=O) groups is 2. The summed E-state index contributed by atoms with van der Waals surface area (Å²) in [5.74, 6) is 0.219. The molecule has 6 heteroatoms. The Morgan fingerprint density at radius 3 is 1.08 bits per heavy atom. The second-order valence-electron chi connectivity index (χ2n) is 7.78. The van der Waals surface area contributed by atoms with E-state index in [2.05, 4.69) is 13.2 Å². The maximum absolute atomic E-state index is 11.3. The van der Waals surface area contributed by atoms with Crippen LogP contribution >= 0.6 is 0 Å². The highest BCUT2D eigenvalue weighted by molar-refractivity contribution is 5.87. The lowest BCUT2D eigenvalue weighted by Crippen LogP contribution is -1.99. The van der Waals surface area contributed by atoms with Gasteiger partial charge in [0.05, 0.1) is 0 Å². The highest BCUT2D eigenvalue weighted by atomic mass is 16.5. The fourth-order valence-corrected chi connectivity index (χ4v) is 2.90. The third kappa shape index (κ3) is 7.60. The molecule has 3 aromatic carbocycles. The van der Waals surface area contributed by atoms with Crippen molar-refractivity contribution < 1.29 is 28.5 Å². The van der Waals surface area contributed by atoms with Gasteiger partial charge in [-0.2, -0.15) is 0 Å². The van der Waals surface area contributed by atoms with Gasteiger partial charge in [-0.25, -0.2) is 9.59 Å².